The molecular formula is C54H105NaO6Zn. The van der Waals surface area contributed by atoms with Gasteiger partial charge in [-0.05, 0) is 38.5 Å². The summed E-state index contributed by atoms with van der Waals surface area (Å²) in [5.74, 6) is -2.71. The molecule has 0 saturated heterocycles. The van der Waals surface area contributed by atoms with Crippen LogP contribution in [0.4, 0.5) is 0 Å². The molecule has 0 unspecified atom stereocenters. The fourth-order valence-corrected chi connectivity index (χ4v) is 7.92. The maximum absolute atomic E-state index is 10.2. The van der Waals surface area contributed by atoms with Gasteiger partial charge in [-0.15, -0.1) is 0 Å². The Balaban J connectivity index is -0.000000258. The van der Waals surface area contributed by atoms with E-state index in [0.717, 1.165) is 38.5 Å². The van der Waals surface area contributed by atoms with Crippen LogP contribution >= 0.6 is 0 Å². The SMILES string of the molecule is CCCCCCCCCCCCCCCCCC(=O)[O-].CCCCCCCCCCCCCCCCCC(=O)[O-].CCCCCCCCCCCCCCCCCC(=O)[O-].[Na+].[Zn+2]. The Bertz CT molecular complexity index is 724. The maximum atomic E-state index is 10.2. The molecule has 0 spiro atoms. The third-order valence-corrected chi connectivity index (χ3v) is 12.0. The van der Waals surface area contributed by atoms with Gasteiger partial charge in [0.1, 0.15) is 0 Å². The average Bonchev–Trinajstić information content (AvgIpc) is 3.22. The quantitative estimate of drug-likeness (QED) is 0.0442. The fourth-order valence-electron chi connectivity index (χ4n) is 7.92. The fraction of sp³-hybridized carbons (Fsp3) is 0.944. The van der Waals surface area contributed by atoms with Crippen molar-refractivity contribution in [3.8, 4) is 0 Å². The number of aliphatic carboxylic acids is 3. The molecule has 0 bridgehead atoms. The van der Waals surface area contributed by atoms with Gasteiger partial charge < -0.3 is 29.7 Å². The Morgan fingerprint density at radius 1 is 0.226 bits per heavy atom. The predicted molar refractivity (Wildman–Crippen MR) is 254 cm³/mol. The summed E-state index contributed by atoms with van der Waals surface area (Å²) >= 11 is 0. The Hall–Kier alpha value is 0.0334. The minimum absolute atomic E-state index is 0. The summed E-state index contributed by atoms with van der Waals surface area (Å²) in [6.45, 7) is 6.80. The first-order chi connectivity index (χ1) is 29.3. The first kappa shape index (κ1) is 71.0. The molecule has 0 atom stereocenters. The standard InChI is InChI=1S/3C18H36O2.Na.Zn/c3*1-2-3-4-5-6-7-8-9-10-11-12-13-14-15-16-17-18(19)20;;/h3*2-17H2,1H3,(H,19,20);;/q;;;+1;+2/p-3. The summed E-state index contributed by atoms with van der Waals surface area (Å²) in [7, 11) is 0. The normalized spacial score (nSPS) is 10.5. The molecule has 0 radical (unpaired) electrons. The van der Waals surface area contributed by atoms with Gasteiger partial charge in [0.05, 0.1) is 0 Å². The third kappa shape index (κ3) is 80.3. The molecule has 0 aromatic carbocycles. The number of carbonyl (C=O) groups is 3. The smallest absolute Gasteiger partial charge is 0.550 e. The number of unbranched alkanes of at least 4 members (excludes halogenated alkanes) is 42. The van der Waals surface area contributed by atoms with E-state index in [1.807, 2.05) is 0 Å². The van der Waals surface area contributed by atoms with Crippen LogP contribution in [-0.2, 0) is 33.9 Å². The predicted octanol–water partition coefficient (Wildman–Crippen LogP) is 12.0. The van der Waals surface area contributed by atoms with Crippen molar-refractivity contribution in [1.82, 2.24) is 0 Å². The molecule has 6 nitrogen and oxygen atoms in total. The van der Waals surface area contributed by atoms with E-state index < -0.39 is 17.9 Å². The van der Waals surface area contributed by atoms with Crippen LogP contribution in [0.5, 0.6) is 0 Å². The van der Waals surface area contributed by atoms with Gasteiger partial charge >= 0.3 is 49.0 Å². The first-order valence-corrected chi connectivity index (χ1v) is 26.9. The van der Waals surface area contributed by atoms with Gasteiger partial charge in [-0.25, -0.2) is 0 Å². The summed E-state index contributed by atoms with van der Waals surface area (Å²) < 4.78 is 0. The van der Waals surface area contributed by atoms with E-state index in [-0.39, 0.29) is 68.3 Å². The van der Waals surface area contributed by atoms with Crippen LogP contribution < -0.4 is 44.9 Å². The number of carbonyl (C=O) groups excluding carboxylic acids is 3. The van der Waals surface area contributed by atoms with Crippen molar-refractivity contribution >= 4 is 17.9 Å². The van der Waals surface area contributed by atoms with Gasteiger partial charge in [-0.3, -0.25) is 0 Å². The second-order valence-electron chi connectivity index (χ2n) is 18.2. The molecule has 0 heterocycles. The van der Waals surface area contributed by atoms with Crippen molar-refractivity contribution in [1.29, 1.82) is 0 Å². The maximum Gasteiger partial charge on any atom is 2.00 e. The Labute approximate surface area is 422 Å². The Kier molecular flexibility index (Phi) is 77.5. The van der Waals surface area contributed by atoms with E-state index in [0.29, 0.717) is 0 Å². The molecule has 0 aliphatic rings. The van der Waals surface area contributed by atoms with Crippen molar-refractivity contribution in [2.24, 2.45) is 0 Å². The van der Waals surface area contributed by atoms with Crippen molar-refractivity contribution in [2.75, 3.05) is 0 Å². The number of hydrogen-bond donors (Lipinski definition) is 0. The molecule has 62 heavy (non-hydrogen) atoms. The van der Waals surface area contributed by atoms with E-state index >= 15 is 0 Å². The minimum Gasteiger partial charge on any atom is -0.550 e. The minimum atomic E-state index is -0.903. The molecule has 8 heteroatoms. The van der Waals surface area contributed by atoms with E-state index in [2.05, 4.69) is 20.8 Å². The van der Waals surface area contributed by atoms with Crippen LogP contribution in [0.2, 0.25) is 0 Å². The van der Waals surface area contributed by atoms with E-state index in [4.69, 9.17) is 0 Å². The summed E-state index contributed by atoms with van der Waals surface area (Å²) in [5, 5.41) is 30.7. The van der Waals surface area contributed by atoms with Gasteiger partial charge in [-0.2, -0.15) is 0 Å². The van der Waals surface area contributed by atoms with Gasteiger partial charge in [0.2, 0.25) is 0 Å². The molecule has 0 saturated carbocycles. The van der Waals surface area contributed by atoms with E-state index in [1.54, 1.807) is 0 Å². The van der Waals surface area contributed by atoms with Crippen LogP contribution in [0.1, 0.15) is 329 Å². The zero-order chi connectivity index (χ0) is 44.7. The molecule has 0 aliphatic carbocycles. The summed E-state index contributed by atoms with van der Waals surface area (Å²) in [4.78, 5) is 30.7. The van der Waals surface area contributed by atoms with Gasteiger partial charge in [0.15, 0.2) is 0 Å². The van der Waals surface area contributed by atoms with E-state index in [1.165, 1.54) is 250 Å². The third-order valence-electron chi connectivity index (χ3n) is 12.0. The first-order valence-electron chi connectivity index (χ1n) is 26.9. The molecule has 360 valence electrons. The zero-order valence-corrected chi connectivity index (χ0v) is 47.6. The molecule has 0 fully saturated rings. The number of carboxylic acid groups (broad SMARTS) is 3. The van der Waals surface area contributed by atoms with Crippen LogP contribution in [0.25, 0.3) is 0 Å². The van der Waals surface area contributed by atoms with Crippen molar-refractivity contribution in [3.63, 3.8) is 0 Å². The molecule has 0 aromatic heterocycles. The second-order valence-corrected chi connectivity index (χ2v) is 18.2. The van der Waals surface area contributed by atoms with Gasteiger partial charge in [0, 0.05) is 17.9 Å². The Morgan fingerprint density at radius 3 is 0.419 bits per heavy atom. The molecular weight excluding hydrogens is 833 g/mol. The topological polar surface area (TPSA) is 120 Å². The van der Waals surface area contributed by atoms with Crippen LogP contribution in [0, 0.1) is 0 Å². The molecule has 0 aromatic rings. The van der Waals surface area contributed by atoms with Crippen LogP contribution in [-0.4, -0.2) is 17.9 Å². The number of rotatable bonds is 48. The van der Waals surface area contributed by atoms with Crippen LogP contribution in [0.3, 0.4) is 0 Å². The van der Waals surface area contributed by atoms with Crippen molar-refractivity contribution in [2.45, 2.75) is 329 Å². The van der Waals surface area contributed by atoms with Crippen LogP contribution in [0.15, 0.2) is 0 Å². The molecule has 0 N–H and O–H groups in total. The second kappa shape index (κ2) is 67.6. The number of carboxylic acids is 3. The molecule has 0 aliphatic heterocycles. The van der Waals surface area contributed by atoms with Gasteiger partial charge in [-0.1, -0.05) is 290 Å². The molecule has 0 amide bonds. The van der Waals surface area contributed by atoms with Gasteiger partial charge in [0.25, 0.3) is 0 Å². The number of hydrogen-bond acceptors (Lipinski definition) is 6. The van der Waals surface area contributed by atoms with Crippen molar-refractivity contribution in [3.05, 3.63) is 0 Å². The monoisotopic (exact) mass is 937 g/mol. The summed E-state index contributed by atoms with van der Waals surface area (Å²) in [6.07, 6.45) is 59.6. The van der Waals surface area contributed by atoms with Crippen molar-refractivity contribution < 1.29 is 78.7 Å². The summed E-state index contributed by atoms with van der Waals surface area (Å²) in [6, 6.07) is 0. The average molecular weight is 939 g/mol. The molecule has 0 rings (SSSR count). The van der Waals surface area contributed by atoms with E-state index in [9.17, 15) is 29.7 Å². The largest absolute Gasteiger partial charge is 2.00 e. The zero-order valence-electron chi connectivity index (χ0n) is 42.6. The summed E-state index contributed by atoms with van der Waals surface area (Å²) in [5.41, 5.74) is 0. The Morgan fingerprint density at radius 2 is 0.323 bits per heavy atom.